The number of benzene rings is 1. The summed E-state index contributed by atoms with van der Waals surface area (Å²) in [6.07, 6.45) is 34.3. The zero-order chi connectivity index (χ0) is 52.8. The fourth-order valence-corrected chi connectivity index (χ4v) is 16.9. The summed E-state index contributed by atoms with van der Waals surface area (Å²) in [5.74, 6) is 2.06. The van der Waals surface area contributed by atoms with Crippen LogP contribution in [0, 0.1) is 37.3 Å². The van der Waals surface area contributed by atoms with Gasteiger partial charge >= 0.3 is 0 Å². The SMILES string of the molecule is CCCC(C)CCCC(C)C.CCCCCCCCCCCCC1(CCCCCCCCCCCC)Oc2cc(-c3cc4c(s3)-c3sc(C)cc3OC4(C)C)sc2-c2sc(-c3c(F)c(F)c(C)c4nsnc34)cc21. The number of fused-ring (bicyclic) bond motifs is 7. The number of nitrogens with zero attached hydrogens (tertiary/aromatic N) is 2. The van der Waals surface area contributed by atoms with Crippen molar-refractivity contribution in [1.82, 2.24) is 8.75 Å². The molecule has 0 saturated heterocycles. The number of halogens is 2. The number of aryl methyl sites for hydroxylation is 2. The van der Waals surface area contributed by atoms with Gasteiger partial charge in [-0.3, -0.25) is 0 Å². The van der Waals surface area contributed by atoms with Crippen LogP contribution < -0.4 is 9.47 Å². The average Bonchev–Trinajstić information content (AvgIpc) is 4.23. The molecule has 1 aromatic carbocycles. The van der Waals surface area contributed by atoms with Gasteiger partial charge in [-0.05, 0) is 83.4 Å². The predicted octanol–water partition coefficient (Wildman–Crippen LogP) is 23.6. The second kappa shape index (κ2) is 28.3. The van der Waals surface area contributed by atoms with Crippen LogP contribution >= 0.6 is 57.1 Å². The predicted molar refractivity (Wildman–Crippen MR) is 322 cm³/mol. The first-order valence-electron chi connectivity index (χ1n) is 29.2. The Morgan fingerprint density at radius 1 is 0.500 bits per heavy atom. The third-order valence-electron chi connectivity index (χ3n) is 15.6. The van der Waals surface area contributed by atoms with Crippen molar-refractivity contribution in [2.45, 2.75) is 254 Å². The van der Waals surface area contributed by atoms with Crippen molar-refractivity contribution >= 4 is 68.1 Å². The summed E-state index contributed by atoms with van der Waals surface area (Å²) in [4.78, 5) is 9.01. The molecule has 1 unspecified atom stereocenters. The number of ether oxygens (including phenoxy) is 2. The summed E-state index contributed by atoms with van der Waals surface area (Å²) >= 11 is 7.99. The highest BCUT2D eigenvalue weighted by molar-refractivity contribution is 7.29. The lowest BCUT2D eigenvalue weighted by molar-refractivity contribution is 0.0398. The fraction of sp³-hybridized carbons (Fsp3) is 0.651. The fourth-order valence-electron chi connectivity index (χ4n) is 11.3. The van der Waals surface area contributed by atoms with Crippen LogP contribution in [0.4, 0.5) is 8.78 Å². The third-order valence-corrected chi connectivity index (χ3v) is 21.1. The van der Waals surface area contributed by atoms with Gasteiger partial charge in [-0.1, -0.05) is 189 Å². The number of thiophene rings is 4. The summed E-state index contributed by atoms with van der Waals surface area (Å²) in [5.41, 5.74) is 2.65. The molecule has 7 heterocycles. The van der Waals surface area contributed by atoms with Gasteiger partial charge in [0.1, 0.15) is 33.7 Å². The first-order valence-corrected chi connectivity index (χ1v) is 33.2. The lowest BCUT2D eigenvalue weighted by Gasteiger charge is -2.38. The largest absolute Gasteiger partial charge is 0.482 e. The molecule has 2 aliphatic rings. The van der Waals surface area contributed by atoms with Crippen molar-refractivity contribution in [1.29, 1.82) is 0 Å². The molecule has 74 heavy (non-hydrogen) atoms. The van der Waals surface area contributed by atoms with Gasteiger partial charge in [-0.15, -0.1) is 45.3 Å². The number of hydrogen-bond acceptors (Lipinski definition) is 9. The van der Waals surface area contributed by atoms with E-state index in [-0.39, 0.29) is 11.1 Å². The van der Waals surface area contributed by atoms with E-state index in [0.717, 1.165) is 88.9 Å². The second-order valence-corrected chi connectivity index (χ2v) is 27.9. The lowest BCUT2D eigenvalue weighted by atomic mass is 9.81. The molecule has 0 amide bonds. The molecule has 408 valence electrons. The molecule has 6 aromatic rings. The topological polar surface area (TPSA) is 44.2 Å². The highest BCUT2D eigenvalue weighted by atomic mass is 32.1. The Bertz CT molecular complexity index is 2640. The van der Waals surface area contributed by atoms with Crippen LogP contribution in [0.3, 0.4) is 0 Å². The normalized spacial score (nSPS) is 14.6. The summed E-state index contributed by atoms with van der Waals surface area (Å²) in [6.45, 7) is 21.9. The van der Waals surface area contributed by atoms with Crippen LogP contribution in [-0.2, 0) is 11.2 Å². The minimum Gasteiger partial charge on any atom is -0.482 e. The summed E-state index contributed by atoms with van der Waals surface area (Å²) in [5, 5.41) is 0. The average molecular weight is 1110 g/mol. The van der Waals surface area contributed by atoms with Crippen molar-refractivity contribution in [3.05, 3.63) is 57.5 Å². The Labute approximate surface area is 466 Å². The van der Waals surface area contributed by atoms with Crippen molar-refractivity contribution in [3.8, 4) is 51.2 Å². The van der Waals surface area contributed by atoms with Gasteiger partial charge in [-0.25, -0.2) is 8.78 Å². The van der Waals surface area contributed by atoms with Crippen LogP contribution in [0.1, 0.15) is 250 Å². The maximum absolute atomic E-state index is 16.3. The molecule has 1 atom stereocenters. The molecule has 0 spiro atoms. The van der Waals surface area contributed by atoms with E-state index in [2.05, 4.69) is 95.3 Å². The molecule has 2 aliphatic heterocycles. The second-order valence-electron chi connectivity index (χ2n) is 22.9. The highest BCUT2D eigenvalue weighted by Gasteiger charge is 2.44. The van der Waals surface area contributed by atoms with Crippen LogP contribution in [0.5, 0.6) is 11.5 Å². The molecule has 0 radical (unpaired) electrons. The Kier molecular flexibility index (Phi) is 22.5. The molecule has 4 nitrogen and oxygen atoms in total. The van der Waals surface area contributed by atoms with E-state index in [1.807, 2.05) is 11.3 Å². The standard InChI is InChI=1S/C52H66F2N2O2S5.C11H24/c1-7-9-11-13-15-17-19-21-23-25-27-52(28-26-24-22-20-18-16-14-12-10-8-2)36-31-41(42-44(54)43(53)34(4)45-46(42)56-63-55-45)62-48(36)50-38(58-52)32-40(61-50)39-30-35-47(60-39)49-37(29-33(3)59-49)57-51(35,5)6;1-5-7-11(4)9-6-8-10(2)3/h29-32H,7-28H2,1-6H3;10-11H,5-9H2,1-4H3. The van der Waals surface area contributed by atoms with E-state index >= 15 is 8.78 Å². The molecular formula is C63H90F2N2O2S5. The van der Waals surface area contributed by atoms with Gasteiger partial charge in [0.05, 0.1) is 36.8 Å². The highest BCUT2D eigenvalue weighted by Crippen LogP contribution is 2.61. The van der Waals surface area contributed by atoms with E-state index in [0.29, 0.717) is 15.9 Å². The number of hydrogen-bond donors (Lipinski definition) is 0. The zero-order valence-electron chi connectivity index (χ0n) is 47.1. The van der Waals surface area contributed by atoms with E-state index in [9.17, 15) is 0 Å². The van der Waals surface area contributed by atoms with Crippen molar-refractivity contribution in [2.75, 3.05) is 0 Å². The molecule has 11 heteroatoms. The molecule has 0 fully saturated rings. The van der Waals surface area contributed by atoms with Gasteiger partial charge < -0.3 is 9.47 Å². The number of unbranched alkanes of at least 4 members (excludes halogenated alkanes) is 18. The quantitative estimate of drug-likeness (QED) is 0.0422. The van der Waals surface area contributed by atoms with E-state index in [1.54, 1.807) is 40.9 Å². The molecular weight excluding hydrogens is 1020 g/mol. The monoisotopic (exact) mass is 1100 g/mol. The first-order chi connectivity index (χ1) is 35.7. The zero-order valence-corrected chi connectivity index (χ0v) is 51.1. The van der Waals surface area contributed by atoms with Gasteiger partial charge in [0.2, 0.25) is 0 Å². The summed E-state index contributed by atoms with van der Waals surface area (Å²) in [6, 6.07) is 8.91. The summed E-state index contributed by atoms with van der Waals surface area (Å²) < 4.78 is 55.1. The van der Waals surface area contributed by atoms with Gasteiger partial charge in [-0.2, -0.15) is 8.75 Å². The van der Waals surface area contributed by atoms with Crippen molar-refractivity contribution < 1.29 is 18.3 Å². The molecule has 8 rings (SSSR count). The van der Waals surface area contributed by atoms with E-state index in [1.165, 1.54) is 165 Å². The molecule has 5 aromatic heterocycles. The maximum Gasteiger partial charge on any atom is 0.170 e. The number of aromatic nitrogens is 2. The maximum atomic E-state index is 16.3. The molecule has 0 N–H and O–H groups in total. The minimum atomic E-state index is -0.841. The smallest absolute Gasteiger partial charge is 0.170 e. The lowest BCUT2D eigenvalue weighted by Crippen LogP contribution is -2.35. The van der Waals surface area contributed by atoms with Crippen LogP contribution in [0.2, 0.25) is 0 Å². The van der Waals surface area contributed by atoms with Crippen LogP contribution in [-0.4, -0.2) is 8.75 Å². The molecule has 0 bridgehead atoms. The number of rotatable bonds is 30. The van der Waals surface area contributed by atoms with Gasteiger partial charge in [0.15, 0.2) is 11.6 Å². The van der Waals surface area contributed by atoms with Crippen LogP contribution in [0.15, 0.2) is 24.3 Å². The Balaban J connectivity index is 0.000000652. The molecule has 0 saturated carbocycles. The summed E-state index contributed by atoms with van der Waals surface area (Å²) in [7, 11) is 0. The van der Waals surface area contributed by atoms with Crippen molar-refractivity contribution in [3.63, 3.8) is 0 Å². The van der Waals surface area contributed by atoms with Gasteiger partial charge in [0, 0.05) is 42.3 Å². The van der Waals surface area contributed by atoms with E-state index < -0.39 is 22.8 Å². The van der Waals surface area contributed by atoms with Crippen molar-refractivity contribution in [2.24, 2.45) is 11.8 Å². The van der Waals surface area contributed by atoms with Gasteiger partial charge in [0.25, 0.3) is 0 Å². The Morgan fingerprint density at radius 2 is 1.00 bits per heavy atom. The minimum absolute atomic E-state index is 0.211. The van der Waals surface area contributed by atoms with E-state index in [4.69, 9.17) is 9.47 Å². The Hall–Kier alpha value is -2.70. The van der Waals surface area contributed by atoms with Crippen LogP contribution in [0.25, 0.3) is 50.7 Å². The third kappa shape index (κ3) is 14.7. The first kappa shape index (κ1) is 59.0. The molecule has 0 aliphatic carbocycles. The Morgan fingerprint density at radius 3 is 1.59 bits per heavy atom.